The van der Waals surface area contributed by atoms with Gasteiger partial charge in [-0.3, -0.25) is 9.79 Å². The normalized spacial score (nSPS) is 22.1. The predicted molar refractivity (Wildman–Crippen MR) is 85.5 cm³/mol. The van der Waals surface area contributed by atoms with Crippen molar-refractivity contribution in [2.75, 3.05) is 32.8 Å². The first-order chi connectivity index (χ1) is 10.1. The number of carbonyl (C=O) groups is 1. The third-order valence-electron chi connectivity index (χ3n) is 3.43. The van der Waals surface area contributed by atoms with Gasteiger partial charge in [0.25, 0.3) is 0 Å². The summed E-state index contributed by atoms with van der Waals surface area (Å²) in [7, 11) is 0. The lowest BCUT2D eigenvalue weighted by atomic mass is 10.0. The molecule has 1 heterocycles. The molecule has 0 aromatic rings. The molecular formula is C15H30N4O2. The Morgan fingerprint density at radius 3 is 2.67 bits per heavy atom. The average molecular weight is 298 g/mol. The minimum atomic E-state index is -0.138. The van der Waals surface area contributed by atoms with Crippen molar-refractivity contribution in [2.24, 2.45) is 4.99 Å². The average Bonchev–Trinajstić information content (AvgIpc) is 2.90. The SMILES string of the molecule is CCCNC(=O)CCNC(=NCC1(C)CCCO1)NCC. The molecule has 3 N–H and O–H groups in total. The van der Waals surface area contributed by atoms with Crippen LogP contribution < -0.4 is 16.0 Å². The van der Waals surface area contributed by atoms with E-state index in [9.17, 15) is 4.79 Å². The number of nitrogens with one attached hydrogen (secondary N) is 3. The van der Waals surface area contributed by atoms with E-state index in [2.05, 4.69) is 27.9 Å². The van der Waals surface area contributed by atoms with Crippen molar-refractivity contribution in [3.8, 4) is 0 Å². The quantitative estimate of drug-likeness (QED) is 0.462. The van der Waals surface area contributed by atoms with Crippen LogP contribution in [0.5, 0.6) is 0 Å². The molecule has 1 aliphatic rings. The van der Waals surface area contributed by atoms with Gasteiger partial charge in [-0.25, -0.2) is 0 Å². The van der Waals surface area contributed by atoms with Crippen LogP contribution in [0.15, 0.2) is 4.99 Å². The van der Waals surface area contributed by atoms with Gasteiger partial charge in [0.15, 0.2) is 5.96 Å². The first-order valence-corrected chi connectivity index (χ1v) is 8.02. The Morgan fingerprint density at radius 1 is 1.24 bits per heavy atom. The highest BCUT2D eigenvalue weighted by Gasteiger charge is 2.29. The Kier molecular flexibility index (Phi) is 8.12. The smallest absolute Gasteiger partial charge is 0.221 e. The highest BCUT2D eigenvalue weighted by atomic mass is 16.5. The van der Waals surface area contributed by atoms with Crippen molar-refractivity contribution in [3.05, 3.63) is 0 Å². The van der Waals surface area contributed by atoms with Crippen LogP contribution in [0.3, 0.4) is 0 Å². The van der Waals surface area contributed by atoms with Gasteiger partial charge in [-0.05, 0) is 33.1 Å². The number of hydrogen-bond donors (Lipinski definition) is 3. The summed E-state index contributed by atoms with van der Waals surface area (Å²) in [5, 5.41) is 9.25. The lowest BCUT2D eigenvalue weighted by molar-refractivity contribution is -0.120. The fourth-order valence-corrected chi connectivity index (χ4v) is 2.20. The predicted octanol–water partition coefficient (Wildman–Crippen LogP) is 1.03. The molecule has 1 saturated heterocycles. The summed E-state index contributed by atoms with van der Waals surface area (Å²) >= 11 is 0. The maximum atomic E-state index is 11.5. The molecule has 6 heteroatoms. The molecule has 0 aromatic heterocycles. The van der Waals surface area contributed by atoms with Crippen LogP contribution in [0.1, 0.15) is 46.5 Å². The fourth-order valence-electron chi connectivity index (χ4n) is 2.20. The van der Waals surface area contributed by atoms with Gasteiger partial charge in [0, 0.05) is 32.7 Å². The Hall–Kier alpha value is -1.30. The number of rotatable bonds is 8. The molecule has 0 aromatic carbocycles. The zero-order chi connectivity index (χ0) is 15.6. The van der Waals surface area contributed by atoms with Crippen LogP contribution in [0, 0.1) is 0 Å². The summed E-state index contributed by atoms with van der Waals surface area (Å²) in [5.41, 5.74) is -0.138. The standard InChI is InChI=1S/C15H30N4O2/c1-4-9-17-13(20)7-10-18-14(16-5-2)19-12-15(3)8-6-11-21-15/h4-12H2,1-3H3,(H,17,20)(H2,16,18,19). The lowest BCUT2D eigenvalue weighted by Gasteiger charge is -2.21. The summed E-state index contributed by atoms with van der Waals surface area (Å²) in [6, 6.07) is 0. The van der Waals surface area contributed by atoms with Crippen molar-refractivity contribution in [3.63, 3.8) is 0 Å². The van der Waals surface area contributed by atoms with Gasteiger partial charge in [-0.2, -0.15) is 0 Å². The van der Waals surface area contributed by atoms with Gasteiger partial charge >= 0.3 is 0 Å². The topological polar surface area (TPSA) is 74.8 Å². The molecule has 0 bridgehead atoms. The molecule has 1 unspecified atom stereocenters. The minimum Gasteiger partial charge on any atom is -0.373 e. The number of amides is 1. The zero-order valence-electron chi connectivity index (χ0n) is 13.6. The Labute approximate surface area is 128 Å². The summed E-state index contributed by atoms with van der Waals surface area (Å²) in [5.74, 6) is 0.823. The van der Waals surface area contributed by atoms with Gasteiger partial charge in [-0.15, -0.1) is 0 Å². The number of carbonyl (C=O) groups excluding carboxylic acids is 1. The maximum absolute atomic E-state index is 11.5. The van der Waals surface area contributed by atoms with Gasteiger partial charge in [0.05, 0.1) is 12.1 Å². The lowest BCUT2D eigenvalue weighted by Crippen LogP contribution is -2.40. The molecule has 0 spiro atoms. The van der Waals surface area contributed by atoms with Gasteiger partial charge in [0.2, 0.25) is 5.91 Å². The van der Waals surface area contributed by atoms with E-state index in [-0.39, 0.29) is 11.5 Å². The Morgan fingerprint density at radius 2 is 2.05 bits per heavy atom. The highest BCUT2D eigenvalue weighted by molar-refractivity contribution is 5.81. The van der Waals surface area contributed by atoms with E-state index in [1.807, 2.05) is 13.8 Å². The van der Waals surface area contributed by atoms with Gasteiger partial charge < -0.3 is 20.7 Å². The number of ether oxygens (including phenoxy) is 1. The molecule has 1 aliphatic heterocycles. The molecule has 0 aliphatic carbocycles. The van der Waals surface area contributed by atoms with Gasteiger partial charge in [-0.1, -0.05) is 6.92 Å². The van der Waals surface area contributed by atoms with Crippen molar-refractivity contribution in [1.29, 1.82) is 0 Å². The maximum Gasteiger partial charge on any atom is 0.221 e. The summed E-state index contributed by atoms with van der Waals surface area (Å²) in [6.45, 7) is 9.76. The third kappa shape index (κ3) is 7.32. The molecule has 21 heavy (non-hydrogen) atoms. The van der Waals surface area contributed by atoms with Crippen molar-refractivity contribution >= 4 is 11.9 Å². The van der Waals surface area contributed by atoms with Crippen LogP contribution in [0.25, 0.3) is 0 Å². The van der Waals surface area contributed by atoms with Crippen molar-refractivity contribution in [2.45, 2.75) is 52.1 Å². The number of hydrogen-bond acceptors (Lipinski definition) is 3. The molecule has 1 atom stereocenters. The van der Waals surface area contributed by atoms with Crippen LogP contribution >= 0.6 is 0 Å². The Bertz CT molecular complexity index is 339. The molecular weight excluding hydrogens is 268 g/mol. The van der Waals surface area contributed by atoms with E-state index in [0.717, 1.165) is 44.9 Å². The van der Waals surface area contributed by atoms with Crippen molar-refractivity contribution < 1.29 is 9.53 Å². The van der Waals surface area contributed by atoms with Crippen molar-refractivity contribution in [1.82, 2.24) is 16.0 Å². The van der Waals surface area contributed by atoms with E-state index >= 15 is 0 Å². The Balaban J connectivity index is 2.33. The van der Waals surface area contributed by atoms with Crippen LogP contribution in [-0.4, -0.2) is 50.3 Å². The fraction of sp³-hybridized carbons (Fsp3) is 0.867. The molecule has 0 saturated carbocycles. The zero-order valence-corrected chi connectivity index (χ0v) is 13.6. The minimum absolute atomic E-state index is 0.0753. The monoisotopic (exact) mass is 298 g/mol. The second-order valence-corrected chi connectivity index (χ2v) is 5.62. The summed E-state index contributed by atoms with van der Waals surface area (Å²) in [6.07, 6.45) is 3.57. The van der Waals surface area contributed by atoms with E-state index < -0.39 is 0 Å². The van der Waals surface area contributed by atoms with E-state index in [1.54, 1.807) is 0 Å². The second kappa shape index (κ2) is 9.60. The highest BCUT2D eigenvalue weighted by Crippen LogP contribution is 2.24. The van der Waals surface area contributed by atoms with Crippen LogP contribution in [0.2, 0.25) is 0 Å². The molecule has 122 valence electrons. The van der Waals surface area contributed by atoms with Crippen LogP contribution in [0.4, 0.5) is 0 Å². The number of aliphatic imine (C=N–C) groups is 1. The summed E-state index contributed by atoms with van der Waals surface area (Å²) in [4.78, 5) is 16.1. The number of nitrogens with zero attached hydrogens (tertiary/aromatic N) is 1. The largest absolute Gasteiger partial charge is 0.373 e. The number of guanidine groups is 1. The van der Waals surface area contributed by atoms with E-state index in [1.165, 1.54) is 0 Å². The van der Waals surface area contributed by atoms with E-state index in [0.29, 0.717) is 19.5 Å². The third-order valence-corrected chi connectivity index (χ3v) is 3.43. The first-order valence-electron chi connectivity index (χ1n) is 8.02. The molecule has 1 fully saturated rings. The summed E-state index contributed by atoms with van der Waals surface area (Å²) < 4.78 is 5.73. The first kappa shape index (κ1) is 17.8. The molecule has 1 rings (SSSR count). The molecule has 0 radical (unpaired) electrons. The molecule has 6 nitrogen and oxygen atoms in total. The van der Waals surface area contributed by atoms with E-state index in [4.69, 9.17) is 4.74 Å². The van der Waals surface area contributed by atoms with Crippen LogP contribution in [-0.2, 0) is 9.53 Å². The van der Waals surface area contributed by atoms with Gasteiger partial charge in [0.1, 0.15) is 0 Å². The molecule has 1 amide bonds. The second-order valence-electron chi connectivity index (χ2n) is 5.62.